The average Bonchev–Trinajstić information content (AvgIpc) is 3.09. The molecule has 5 heteroatoms. The van der Waals surface area contributed by atoms with E-state index in [2.05, 4.69) is 17.1 Å². The molecule has 0 bridgehead atoms. The molecule has 1 saturated heterocycles. The molecule has 1 unspecified atom stereocenters. The number of aromatic carboxylic acids is 1. The lowest BCUT2D eigenvalue weighted by Gasteiger charge is -2.25. The molecule has 1 fully saturated rings. The first kappa shape index (κ1) is 16.2. The third-order valence-corrected chi connectivity index (χ3v) is 4.47. The Morgan fingerprint density at radius 3 is 2.75 bits per heavy atom. The van der Waals surface area contributed by atoms with Gasteiger partial charge in [0.25, 0.3) is 5.91 Å². The number of aromatic nitrogens is 1. The van der Waals surface area contributed by atoms with E-state index in [9.17, 15) is 9.59 Å². The number of hydrogen-bond donors (Lipinski definition) is 1. The van der Waals surface area contributed by atoms with Crippen molar-refractivity contribution in [1.82, 2.24) is 9.88 Å². The number of nitrogens with zero attached hydrogens (tertiary/aromatic N) is 2. The van der Waals surface area contributed by atoms with Crippen LogP contribution in [-0.2, 0) is 6.42 Å². The van der Waals surface area contributed by atoms with Crippen molar-refractivity contribution in [3.05, 3.63) is 65.5 Å². The summed E-state index contributed by atoms with van der Waals surface area (Å²) in [5.41, 5.74) is 1.57. The van der Waals surface area contributed by atoms with Crippen LogP contribution in [0.5, 0.6) is 0 Å². The Morgan fingerprint density at radius 2 is 2.00 bits per heavy atom. The van der Waals surface area contributed by atoms with Gasteiger partial charge in [-0.15, -0.1) is 0 Å². The summed E-state index contributed by atoms with van der Waals surface area (Å²) in [7, 11) is 0. The standard InChI is InChI=1S/C19H20N2O3/c22-18(15-10-11-20-17(13-15)19(23)24)21-12-4-7-16(21)9-8-14-5-2-1-3-6-14/h1-3,5-6,10-11,13,16H,4,7-9,12H2,(H,23,24). The largest absolute Gasteiger partial charge is 0.477 e. The predicted octanol–water partition coefficient (Wildman–Crippen LogP) is 3.02. The number of aryl methyl sites for hydroxylation is 1. The molecule has 0 saturated carbocycles. The van der Waals surface area contributed by atoms with Crippen molar-refractivity contribution in [2.75, 3.05) is 6.54 Å². The molecular formula is C19H20N2O3. The molecule has 1 aliphatic rings. The van der Waals surface area contributed by atoms with E-state index < -0.39 is 5.97 Å². The van der Waals surface area contributed by atoms with Gasteiger partial charge in [-0.3, -0.25) is 4.79 Å². The van der Waals surface area contributed by atoms with E-state index in [0.717, 1.165) is 32.2 Å². The molecule has 1 aromatic carbocycles. The van der Waals surface area contributed by atoms with Crippen molar-refractivity contribution in [1.29, 1.82) is 0 Å². The molecule has 0 radical (unpaired) electrons. The maximum atomic E-state index is 12.7. The van der Waals surface area contributed by atoms with Crippen LogP contribution in [0.1, 0.15) is 45.7 Å². The van der Waals surface area contributed by atoms with E-state index in [1.807, 2.05) is 23.1 Å². The maximum absolute atomic E-state index is 12.7. The zero-order chi connectivity index (χ0) is 16.9. The molecule has 1 aromatic heterocycles. The number of carbonyl (C=O) groups is 2. The Morgan fingerprint density at radius 1 is 1.21 bits per heavy atom. The van der Waals surface area contributed by atoms with Crippen molar-refractivity contribution >= 4 is 11.9 Å². The van der Waals surface area contributed by atoms with E-state index in [-0.39, 0.29) is 17.6 Å². The van der Waals surface area contributed by atoms with Gasteiger partial charge in [0.1, 0.15) is 5.69 Å². The number of carbonyl (C=O) groups excluding carboxylic acids is 1. The SMILES string of the molecule is O=C(O)c1cc(C(=O)N2CCCC2CCc2ccccc2)ccn1. The molecule has 1 aliphatic heterocycles. The minimum atomic E-state index is -1.12. The topological polar surface area (TPSA) is 70.5 Å². The summed E-state index contributed by atoms with van der Waals surface area (Å²) in [4.78, 5) is 29.4. The first-order valence-corrected chi connectivity index (χ1v) is 8.19. The number of benzene rings is 1. The van der Waals surface area contributed by atoms with Crippen LogP contribution in [0.4, 0.5) is 0 Å². The summed E-state index contributed by atoms with van der Waals surface area (Å²) in [5.74, 6) is -1.22. The highest BCUT2D eigenvalue weighted by Crippen LogP contribution is 2.24. The van der Waals surface area contributed by atoms with Crippen LogP contribution in [0.2, 0.25) is 0 Å². The Labute approximate surface area is 140 Å². The van der Waals surface area contributed by atoms with Gasteiger partial charge in [0, 0.05) is 24.3 Å². The number of carboxylic acid groups (broad SMARTS) is 1. The molecule has 0 spiro atoms. The predicted molar refractivity (Wildman–Crippen MR) is 90.0 cm³/mol. The van der Waals surface area contributed by atoms with Crippen molar-refractivity contribution in [2.24, 2.45) is 0 Å². The smallest absolute Gasteiger partial charge is 0.354 e. The number of likely N-dealkylation sites (tertiary alicyclic amines) is 1. The van der Waals surface area contributed by atoms with E-state index in [1.54, 1.807) is 6.07 Å². The molecule has 24 heavy (non-hydrogen) atoms. The normalized spacial score (nSPS) is 17.0. The molecule has 1 N–H and O–H groups in total. The van der Waals surface area contributed by atoms with Gasteiger partial charge >= 0.3 is 5.97 Å². The minimum Gasteiger partial charge on any atom is -0.477 e. The van der Waals surface area contributed by atoms with Crippen LogP contribution >= 0.6 is 0 Å². The van der Waals surface area contributed by atoms with Crippen molar-refractivity contribution in [2.45, 2.75) is 31.7 Å². The lowest BCUT2D eigenvalue weighted by atomic mass is 10.0. The summed E-state index contributed by atoms with van der Waals surface area (Å²) >= 11 is 0. The maximum Gasteiger partial charge on any atom is 0.354 e. The van der Waals surface area contributed by atoms with Crippen LogP contribution in [0.15, 0.2) is 48.7 Å². The van der Waals surface area contributed by atoms with Gasteiger partial charge in [0.05, 0.1) is 0 Å². The number of hydrogen-bond acceptors (Lipinski definition) is 3. The Hall–Kier alpha value is -2.69. The fourth-order valence-electron chi connectivity index (χ4n) is 3.23. The molecule has 2 heterocycles. The Bertz CT molecular complexity index is 730. The van der Waals surface area contributed by atoms with Crippen LogP contribution in [0, 0.1) is 0 Å². The molecule has 1 atom stereocenters. The molecule has 2 aromatic rings. The first-order valence-electron chi connectivity index (χ1n) is 8.19. The molecular weight excluding hydrogens is 304 g/mol. The third-order valence-electron chi connectivity index (χ3n) is 4.47. The van der Waals surface area contributed by atoms with Gasteiger partial charge in [-0.1, -0.05) is 30.3 Å². The zero-order valence-corrected chi connectivity index (χ0v) is 13.4. The van der Waals surface area contributed by atoms with Crippen LogP contribution < -0.4 is 0 Å². The third kappa shape index (κ3) is 3.62. The Kier molecular flexibility index (Phi) is 4.89. The van der Waals surface area contributed by atoms with Gasteiger partial charge in [-0.25, -0.2) is 9.78 Å². The zero-order valence-electron chi connectivity index (χ0n) is 13.4. The summed E-state index contributed by atoms with van der Waals surface area (Å²) in [6.07, 6.45) is 5.22. The summed E-state index contributed by atoms with van der Waals surface area (Å²) in [5, 5.41) is 9.03. The summed E-state index contributed by atoms with van der Waals surface area (Å²) < 4.78 is 0. The Balaban J connectivity index is 1.69. The molecule has 5 nitrogen and oxygen atoms in total. The van der Waals surface area contributed by atoms with Crippen molar-refractivity contribution < 1.29 is 14.7 Å². The lowest BCUT2D eigenvalue weighted by Crippen LogP contribution is -2.36. The minimum absolute atomic E-state index is 0.0964. The van der Waals surface area contributed by atoms with Crippen molar-refractivity contribution in [3.63, 3.8) is 0 Å². The lowest BCUT2D eigenvalue weighted by molar-refractivity contribution is 0.0690. The average molecular weight is 324 g/mol. The van der Waals surface area contributed by atoms with Crippen LogP contribution in [0.25, 0.3) is 0 Å². The number of amides is 1. The monoisotopic (exact) mass is 324 g/mol. The second-order valence-corrected chi connectivity index (χ2v) is 6.05. The highest BCUT2D eigenvalue weighted by molar-refractivity contribution is 5.96. The molecule has 0 aliphatic carbocycles. The van der Waals surface area contributed by atoms with Gasteiger partial charge < -0.3 is 10.0 Å². The number of carboxylic acids is 1. The van der Waals surface area contributed by atoms with Gasteiger partial charge in [0.15, 0.2) is 0 Å². The summed E-state index contributed by atoms with van der Waals surface area (Å²) in [6.45, 7) is 0.725. The number of rotatable bonds is 5. The molecule has 124 valence electrons. The van der Waals surface area contributed by atoms with Gasteiger partial charge in [0.2, 0.25) is 0 Å². The fourth-order valence-corrected chi connectivity index (χ4v) is 3.23. The second-order valence-electron chi connectivity index (χ2n) is 6.05. The van der Waals surface area contributed by atoms with E-state index in [0.29, 0.717) is 5.56 Å². The highest BCUT2D eigenvalue weighted by atomic mass is 16.4. The van der Waals surface area contributed by atoms with Gasteiger partial charge in [-0.2, -0.15) is 0 Å². The van der Waals surface area contributed by atoms with Crippen molar-refractivity contribution in [3.8, 4) is 0 Å². The van der Waals surface area contributed by atoms with Gasteiger partial charge in [-0.05, 0) is 43.4 Å². The highest BCUT2D eigenvalue weighted by Gasteiger charge is 2.29. The first-order chi connectivity index (χ1) is 11.6. The molecule has 1 amide bonds. The second kappa shape index (κ2) is 7.25. The summed E-state index contributed by atoms with van der Waals surface area (Å²) in [6, 6.07) is 13.4. The van der Waals surface area contributed by atoms with E-state index in [1.165, 1.54) is 17.8 Å². The number of pyridine rings is 1. The quantitative estimate of drug-likeness (QED) is 0.918. The van der Waals surface area contributed by atoms with Crippen LogP contribution in [0.3, 0.4) is 0 Å². The molecule has 3 rings (SSSR count). The van der Waals surface area contributed by atoms with E-state index in [4.69, 9.17) is 5.11 Å². The fraction of sp³-hybridized carbons (Fsp3) is 0.316. The van der Waals surface area contributed by atoms with E-state index >= 15 is 0 Å². The van der Waals surface area contributed by atoms with Crippen LogP contribution in [-0.4, -0.2) is 39.5 Å².